The van der Waals surface area contributed by atoms with Gasteiger partial charge in [-0.3, -0.25) is 4.79 Å². The number of amides is 1. The predicted molar refractivity (Wildman–Crippen MR) is 106 cm³/mol. The zero-order valence-electron chi connectivity index (χ0n) is 16.0. The van der Waals surface area contributed by atoms with Crippen molar-refractivity contribution in [2.24, 2.45) is 22.7 Å². The van der Waals surface area contributed by atoms with Crippen molar-refractivity contribution >= 4 is 27.3 Å². The Labute approximate surface area is 165 Å². The van der Waals surface area contributed by atoms with E-state index in [1.807, 2.05) is 0 Å². The Balaban J connectivity index is 1.83. The van der Waals surface area contributed by atoms with Crippen molar-refractivity contribution in [1.29, 1.82) is 0 Å². The molecule has 3 fully saturated rings. The lowest BCUT2D eigenvalue weighted by molar-refractivity contribution is -0.153. The quantitative estimate of drug-likeness (QED) is 0.776. The van der Waals surface area contributed by atoms with Crippen LogP contribution in [-0.4, -0.2) is 35.5 Å². The highest BCUT2D eigenvalue weighted by molar-refractivity contribution is 7.90. The van der Waals surface area contributed by atoms with Gasteiger partial charge in [0.25, 0.3) is 5.91 Å². The van der Waals surface area contributed by atoms with Crippen molar-refractivity contribution in [1.82, 2.24) is 4.31 Å². The van der Waals surface area contributed by atoms with E-state index < -0.39 is 32.9 Å². The SMILES string of the molecule is C=CC(C)[C@](O)(C(=O)N1[C@H]2C[C@@H]3CC[C@@]2(CS1(=O)=O)C3(C)C)c1cccs1. The molecule has 4 rings (SSSR count). The number of carbonyl (C=O) groups excluding carboxylic acids is 1. The summed E-state index contributed by atoms with van der Waals surface area (Å²) in [5, 5.41) is 13.3. The molecule has 0 radical (unpaired) electrons. The number of fused-ring (bicyclic) bond motifs is 1. The average Bonchev–Trinajstić information content (AvgIpc) is 3.31. The lowest BCUT2D eigenvalue weighted by Crippen LogP contribution is -2.54. The summed E-state index contributed by atoms with van der Waals surface area (Å²) in [6.07, 6.45) is 4.05. The first-order chi connectivity index (χ1) is 12.5. The number of rotatable bonds is 4. The van der Waals surface area contributed by atoms with Crippen molar-refractivity contribution < 1.29 is 18.3 Å². The highest BCUT2D eigenvalue weighted by atomic mass is 32.2. The van der Waals surface area contributed by atoms with Crippen LogP contribution < -0.4 is 0 Å². The van der Waals surface area contributed by atoms with Gasteiger partial charge in [0.2, 0.25) is 10.0 Å². The van der Waals surface area contributed by atoms with Gasteiger partial charge in [-0.05, 0) is 42.0 Å². The molecular formula is C20H27NO4S2. The lowest BCUT2D eigenvalue weighted by Gasteiger charge is -2.39. The molecule has 27 heavy (non-hydrogen) atoms. The van der Waals surface area contributed by atoms with Gasteiger partial charge >= 0.3 is 0 Å². The van der Waals surface area contributed by atoms with Crippen molar-refractivity contribution in [2.75, 3.05) is 5.75 Å². The van der Waals surface area contributed by atoms with E-state index in [1.165, 1.54) is 17.4 Å². The summed E-state index contributed by atoms with van der Waals surface area (Å²) in [5.74, 6) is -0.910. The Bertz CT molecular complexity index is 891. The van der Waals surface area contributed by atoms with Crippen LogP contribution in [0.25, 0.3) is 0 Å². The molecule has 1 spiro atoms. The Morgan fingerprint density at radius 2 is 2.22 bits per heavy atom. The first-order valence-corrected chi connectivity index (χ1v) is 12.0. The smallest absolute Gasteiger partial charge is 0.274 e. The van der Waals surface area contributed by atoms with E-state index in [-0.39, 0.29) is 17.2 Å². The molecule has 3 aliphatic rings. The zero-order valence-corrected chi connectivity index (χ0v) is 17.6. The third kappa shape index (κ3) is 2.19. The Kier molecular flexibility index (Phi) is 4.02. The highest BCUT2D eigenvalue weighted by Crippen LogP contribution is 2.70. The molecule has 7 heteroatoms. The molecular weight excluding hydrogens is 382 g/mol. The van der Waals surface area contributed by atoms with Crippen LogP contribution in [0.2, 0.25) is 0 Å². The molecule has 0 aromatic carbocycles. The van der Waals surface area contributed by atoms with Crippen molar-refractivity contribution in [3.05, 3.63) is 35.0 Å². The van der Waals surface area contributed by atoms with E-state index in [0.29, 0.717) is 17.2 Å². The van der Waals surface area contributed by atoms with E-state index >= 15 is 0 Å². The molecule has 2 aliphatic carbocycles. The van der Waals surface area contributed by atoms with Gasteiger partial charge in [-0.2, -0.15) is 0 Å². The van der Waals surface area contributed by atoms with Gasteiger partial charge in [0.15, 0.2) is 5.60 Å². The van der Waals surface area contributed by atoms with Gasteiger partial charge in [-0.1, -0.05) is 32.9 Å². The molecule has 1 unspecified atom stereocenters. The summed E-state index contributed by atoms with van der Waals surface area (Å²) in [7, 11) is -3.78. The van der Waals surface area contributed by atoms with E-state index in [9.17, 15) is 18.3 Å². The molecule has 1 aromatic rings. The largest absolute Gasteiger partial charge is 0.374 e. The van der Waals surface area contributed by atoms with Crippen LogP contribution in [0.1, 0.15) is 44.9 Å². The maximum absolute atomic E-state index is 13.7. The van der Waals surface area contributed by atoms with Gasteiger partial charge in [-0.25, -0.2) is 12.7 Å². The monoisotopic (exact) mass is 409 g/mol. The molecule has 1 aromatic heterocycles. The van der Waals surface area contributed by atoms with Crippen molar-refractivity contribution in [3.8, 4) is 0 Å². The Morgan fingerprint density at radius 3 is 2.78 bits per heavy atom. The molecule has 5 atom stereocenters. The molecule has 148 valence electrons. The summed E-state index contributed by atoms with van der Waals surface area (Å²) in [5.41, 5.74) is -2.44. The van der Waals surface area contributed by atoms with Crippen LogP contribution in [0.5, 0.6) is 0 Å². The minimum Gasteiger partial charge on any atom is -0.374 e. The molecule has 1 amide bonds. The summed E-state index contributed by atoms with van der Waals surface area (Å²) in [4.78, 5) is 14.1. The zero-order chi connectivity index (χ0) is 19.8. The Hall–Kier alpha value is -1.18. The van der Waals surface area contributed by atoms with Crippen molar-refractivity contribution in [2.45, 2.75) is 51.7 Å². The van der Waals surface area contributed by atoms with Crippen LogP contribution in [0, 0.1) is 22.7 Å². The average molecular weight is 410 g/mol. The maximum atomic E-state index is 13.7. The molecule has 1 saturated heterocycles. The van der Waals surface area contributed by atoms with E-state index in [1.54, 1.807) is 24.4 Å². The first kappa shape index (κ1) is 19.2. The lowest BCUT2D eigenvalue weighted by atomic mass is 9.69. The number of carbonyl (C=O) groups is 1. The summed E-state index contributed by atoms with van der Waals surface area (Å²) < 4.78 is 27.4. The minimum absolute atomic E-state index is 0.00287. The molecule has 2 saturated carbocycles. The number of aliphatic hydroxyl groups is 1. The third-order valence-corrected chi connectivity index (χ3v) is 10.7. The van der Waals surface area contributed by atoms with E-state index in [2.05, 4.69) is 20.4 Å². The Morgan fingerprint density at radius 1 is 1.52 bits per heavy atom. The van der Waals surface area contributed by atoms with Gasteiger partial charge in [0, 0.05) is 16.2 Å². The highest BCUT2D eigenvalue weighted by Gasteiger charge is 2.73. The summed E-state index contributed by atoms with van der Waals surface area (Å²) in [6, 6.07) is 3.09. The van der Waals surface area contributed by atoms with Crippen LogP contribution in [0.3, 0.4) is 0 Å². The number of nitrogens with zero attached hydrogens (tertiary/aromatic N) is 1. The van der Waals surface area contributed by atoms with Crippen LogP contribution in [0.15, 0.2) is 30.2 Å². The molecule has 1 aliphatic heterocycles. The second-order valence-corrected chi connectivity index (χ2v) is 11.8. The normalized spacial score (nSPS) is 36.2. The van der Waals surface area contributed by atoms with Gasteiger partial charge in [-0.15, -0.1) is 17.9 Å². The molecule has 2 bridgehead atoms. The fraction of sp³-hybridized carbons (Fsp3) is 0.650. The van der Waals surface area contributed by atoms with Crippen LogP contribution in [-0.2, 0) is 20.4 Å². The van der Waals surface area contributed by atoms with Crippen LogP contribution >= 0.6 is 11.3 Å². The van der Waals surface area contributed by atoms with E-state index in [0.717, 1.165) is 17.1 Å². The molecule has 1 N–H and O–H groups in total. The second kappa shape index (κ2) is 5.67. The van der Waals surface area contributed by atoms with Gasteiger partial charge in [0.1, 0.15) is 0 Å². The number of sulfonamides is 1. The number of hydrogen-bond donors (Lipinski definition) is 1. The topological polar surface area (TPSA) is 74.7 Å². The fourth-order valence-electron chi connectivity index (χ4n) is 5.91. The maximum Gasteiger partial charge on any atom is 0.274 e. The van der Waals surface area contributed by atoms with Crippen LogP contribution in [0.4, 0.5) is 0 Å². The fourth-order valence-corrected chi connectivity index (χ4v) is 9.39. The third-order valence-electron chi connectivity index (χ3n) is 7.85. The van der Waals surface area contributed by atoms with E-state index in [4.69, 9.17) is 0 Å². The first-order valence-electron chi connectivity index (χ1n) is 9.48. The standard InChI is InChI=1S/C20H27NO4S2/c1-5-13(2)20(23,16-7-6-10-26-16)17(22)21-15-11-14-8-9-19(15,18(14,3)4)12-27(21,24)25/h5-7,10,13-15,23H,1,8-9,11-12H2,2-4H3/t13?,14-,15-,19-,20+/m0/s1. The number of hydrogen-bond acceptors (Lipinski definition) is 5. The predicted octanol–water partition coefficient (Wildman–Crippen LogP) is 3.12. The molecule has 2 heterocycles. The second-order valence-electron chi connectivity index (χ2n) is 8.99. The van der Waals surface area contributed by atoms with Crippen molar-refractivity contribution in [3.63, 3.8) is 0 Å². The van der Waals surface area contributed by atoms with Gasteiger partial charge < -0.3 is 5.11 Å². The summed E-state index contributed by atoms with van der Waals surface area (Å²) in [6.45, 7) is 9.72. The summed E-state index contributed by atoms with van der Waals surface area (Å²) >= 11 is 1.26. The van der Waals surface area contributed by atoms with Gasteiger partial charge in [0.05, 0.1) is 11.8 Å². The minimum atomic E-state index is -3.78. The molecule has 5 nitrogen and oxygen atoms in total. The number of thiophene rings is 1.